The highest BCUT2D eigenvalue weighted by Gasteiger charge is 2.29. The third-order valence-electron chi connectivity index (χ3n) is 7.49. The van der Waals surface area contributed by atoms with Crippen molar-refractivity contribution in [1.29, 1.82) is 0 Å². The van der Waals surface area contributed by atoms with Gasteiger partial charge in [0.2, 0.25) is 5.52 Å². The molecule has 0 saturated carbocycles. The number of aromatic nitrogens is 1. The van der Waals surface area contributed by atoms with E-state index < -0.39 is 18.6 Å². The molecule has 2 heterocycles. The summed E-state index contributed by atoms with van der Waals surface area (Å²) in [6.45, 7) is 10.2. The van der Waals surface area contributed by atoms with Crippen LogP contribution in [0.25, 0.3) is 27.1 Å². The van der Waals surface area contributed by atoms with E-state index in [-0.39, 0.29) is 0 Å². The molecule has 2 N–H and O–H groups in total. The first-order valence-corrected chi connectivity index (χ1v) is 15.5. The lowest BCUT2D eigenvalue weighted by molar-refractivity contribution is -0.664. The minimum absolute atomic E-state index is 0.437. The van der Waals surface area contributed by atoms with Crippen LogP contribution >= 0.6 is 23.1 Å². The number of hydrogen-bond acceptors (Lipinski definition) is 6. The molecule has 40 heavy (non-hydrogen) atoms. The first-order chi connectivity index (χ1) is 19.4. The van der Waals surface area contributed by atoms with Crippen LogP contribution < -0.4 is 14.4 Å². The summed E-state index contributed by atoms with van der Waals surface area (Å²) in [5.74, 6) is -1.02. The maximum atomic E-state index is 11.7. The number of rotatable bonds is 10. The zero-order valence-electron chi connectivity index (χ0n) is 23.4. The third kappa shape index (κ3) is 5.11. The Bertz CT molecular complexity index is 1620. The minimum Gasteiger partial charge on any atom is -0.480 e. The molecule has 1 aliphatic rings. The van der Waals surface area contributed by atoms with Crippen molar-refractivity contribution in [2.75, 3.05) is 29.5 Å². The molecule has 3 aromatic carbocycles. The predicted octanol–water partition coefficient (Wildman–Crippen LogP) is 6.90. The minimum atomic E-state index is -1.02. The van der Waals surface area contributed by atoms with Crippen molar-refractivity contribution in [3.8, 4) is 0 Å². The first-order valence-electron chi connectivity index (χ1n) is 13.9. The fourth-order valence-corrected chi connectivity index (χ4v) is 7.85. The summed E-state index contributed by atoms with van der Waals surface area (Å²) < 4.78 is 3.72. The molecule has 5 rings (SSSR count). The summed E-state index contributed by atoms with van der Waals surface area (Å²) in [6.07, 6.45) is 5.53. The largest absolute Gasteiger partial charge is 0.480 e. The summed E-state index contributed by atoms with van der Waals surface area (Å²) in [5.41, 5.74) is 4.43. The summed E-state index contributed by atoms with van der Waals surface area (Å²) >= 11 is 3.58. The number of nitrogens with zero attached hydrogens (tertiary/aromatic N) is 3. The van der Waals surface area contributed by atoms with Crippen molar-refractivity contribution in [2.24, 2.45) is 0 Å². The average molecular weight is 575 g/mol. The second-order valence-electron chi connectivity index (χ2n) is 9.69. The summed E-state index contributed by atoms with van der Waals surface area (Å²) in [7, 11) is 0. The Morgan fingerprint density at radius 1 is 1.10 bits per heavy atom. The Balaban J connectivity index is 1.52. The topological polar surface area (TPSA) is 67.9 Å². The normalized spacial score (nSPS) is 15.3. The van der Waals surface area contributed by atoms with E-state index in [1.165, 1.54) is 31.6 Å². The van der Waals surface area contributed by atoms with Crippen LogP contribution in [0, 0.1) is 0 Å². The molecule has 0 aliphatic carbocycles. The molecule has 0 amide bonds. The van der Waals surface area contributed by atoms with E-state index >= 15 is 0 Å². The SMILES string of the molecule is CCC(/C=C1\Sc2ccc(N(CC)C(CO)C(=O)O)cc2N1CC)=C\c1sc2ccc3ccccc3c2[n+]1CC. The highest BCUT2D eigenvalue weighted by atomic mass is 32.2. The molecule has 0 fully saturated rings. The predicted molar refractivity (Wildman–Crippen MR) is 168 cm³/mol. The number of hydrogen-bond donors (Lipinski definition) is 2. The Kier molecular flexibility index (Phi) is 8.49. The van der Waals surface area contributed by atoms with Crippen LogP contribution in [0.5, 0.6) is 0 Å². The number of aliphatic carboxylic acids is 1. The summed E-state index contributed by atoms with van der Waals surface area (Å²) in [6, 6.07) is 18.1. The van der Waals surface area contributed by atoms with Crippen LogP contribution in [0.1, 0.15) is 39.1 Å². The van der Waals surface area contributed by atoms with Gasteiger partial charge in [0, 0.05) is 29.7 Å². The van der Waals surface area contributed by atoms with Crippen molar-refractivity contribution in [1.82, 2.24) is 0 Å². The molecule has 0 spiro atoms. The van der Waals surface area contributed by atoms with Gasteiger partial charge in [0.25, 0.3) is 5.01 Å². The number of carbonyl (C=O) groups is 1. The number of likely N-dealkylation sites (N-methyl/N-ethyl adjacent to an activating group) is 1. The Labute approximate surface area is 243 Å². The lowest BCUT2D eigenvalue weighted by atomic mass is 10.1. The Morgan fingerprint density at radius 2 is 1.90 bits per heavy atom. The molecule has 0 radical (unpaired) electrons. The van der Waals surface area contributed by atoms with Crippen molar-refractivity contribution in [3.05, 3.63) is 76.3 Å². The number of fused-ring (bicyclic) bond motifs is 4. The van der Waals surface area contributed by atoms with Gasteiger partial charge in [0.05, 0.1) is 22.7 Å². The van der Waals surface area contributed by atoms with Crippen molar-refractivity contribution >= 4 is 67.5 Å². The van der Waals surface area contributed by atoms with Gasteiger partial charge in [-0.15, -0.1) is 0 Å². The van der Waals surface area contributed by atoms with Crippen LogP contribution in [-0.2, 0) is 11.3 Å². The molecule has 6 nitrogen and oxygen atoms in total. The van der Waals surface area contributed by atoms with Crippen LogP contribution in [0.3, 0.4) is 0 Å². The van der Waals surface area contributed by atoms with Gasteiger partial charge in [-0.05, 0) is 74.6 Å². The van der Waals surface area contributed by atoms with E-state index in [2.05, 4.69) is 90.9 Å². The summed E-state index contributed by atoms with van der Waals surface area (Å²) in [5, 5.41) is 24.3. The van der Waals surface area contributed by atoms with Gasteiger partial charge in [-0.3, -0.25) is 0 Å². The van der Waals surface area contributed by atoms with Gasteiger partial charge in [-0.1, -0.05) is 54.3 Å². The molecule has 1 aliphatic heterocycles. The Hall–Kier alpha value is -3.33. The number of carboxylic acid groups (broad SMARTS) is 1. The number of anilines is 2. The van der Waals surface area contributed by atoms with Gasteiger partial charge in [0.15, 0.2) is 6.04 Å². The number of aliphatic hydroxyl groups is 1. The van der Waals surface area contributed by atoms with Crippen LogP contribution in [0.2, 0.25) is 0 Å². The van der Waals surface area contributed by atoms with E-state index in [0.717, 1.165) is 40.8 Å². The van der Waals surface area contributed by atoms with Crippen LogP contribution in [-0.4, -0.2) is 41.9 Å². The van der Waals surface area contributed by atoms with Crippen molar-refractivity contribution in [2.45, 2.75) is 51.6 Å². The highest BCUT2D eigenvalue weighted by molar-refractivity contribution is 8.03. The zero-order valence-corrected chi connectivity index (χ0v) is 25.1. The monoisotopic (exact) mass is 574 g/mol. The molecule has 0 bridgehead atoms. The molecule has 4 aromatic rings. The van der Waals surface area contributed by atoms with E-state index in [4.69, 9.17) is 0 Å². The van der Waals surface area contributed by atoms with Crippen LogP contribution in [0.15, 0.2) is 76.2 Å². The maximum absolute atomic E-state index is 11.7. The number of aryl methyl sites for hydroxylation is 1. The molecule has 0 saturated heterocycles. The van der Waals surface area contributed by atoms with E-state index in [0.29, 0.717) is 6.54 Å². The van der Waals surface area contributed by atoms with Crippen molar-refractivity contribution < 1.29 is 19.6 Å². The van der Waals surface area contributed by atoms with Gasteiger partial charge in [-0.2, -0.15) is 4.57 Å². The number of benzene rings is 3. The lowest BCUT2D eigenvalue weighted by Gasteiger charge is -2.29. The molecular weight excluding hydrogens is 539 g/mol. The molecule has 8 heteroatoms. The molecule has 208 valence electrons. The third-order valence-corrected chi connectivity index (χ3v) is 9.70. The smallest absolute Gasteiger partial charge is 0.328 e. The van der Waals surface area contributed by atoms with Crippen LogP contribution in [0.4, 0.5) is 11.4 Å². The lowest BCUT2D eigenvalue weighted by Crippen LogP contribution is -2.44. The number of thioether (sulfide) groups is 1. The molecule has 1 unspecified atom stereocenters. The first kappa shape index (κ1) is 28.2. The van der Waals surface area contributed by atoms with Gasteiger partial charge >= 0.3 is 5.97 Å². The molecular formula is C32H36N3O3S2+. The average Bonchev–Trinajstić information content (AvgIpc) is 3.51. The van der Waals surface area contributed by atoms with E-state index in [1.54, 1.807) is 16.7 Å². The van der Waals surface area contributed by atoms with Crippen molar-refractivity contribution in [3.63, 3.8) is 0 Å². The second-order valence-corrected chi connectivity index (χ2v) is 11.8. The Morgan fingerprint density at radius 3 is 2.58 bits per heavy atom. The van der Waals surface area contributed by atoms with E-state index in [1.807, 2.05) is 24.3 Å². The standard InChI is InChI=1S/C32H35N3O3S2/c1-5-21(18-30-35(8-4)31-24-12-10-9-11-22(24)13-15-28(31)40-30)17-29-34(7-3)25-19-23(14-16-27(25)39-29)33(6-2)26(20-36)32(37)38/h9-19,26,36H,5-8,20H2,1-4H3/p+1. The van der Waals surface area contributed by atoms with Gasteiger partial charge in [-0.25, -0.2) is 4.79 Å². The fourth-order valence-electron chi connectivity index (χ4n) is 5.45. The summed E-state index contributed by atoms with van der Waals surface area (Å²) in [4.78, 5) is 16.9. The molecule has 1 atom stereocenters. The number of aliphatic hydroxyl groups excluding tert-OH is 1. The zero-order chi connectivity index (χ0) is 28.4. The fraction of sp³-hybridized carbons (Fsp3) is 0.312. The molecule has 1 aromatic heterocycles. The maximum Gasteiger partial charge on any atom is 0.328 e. The quantitative estimate of drug-likeness (QED) is 0.201. The van der Waals surface area contributed by atoms with E-state index in [9.17, 15) is 15.0 Å². The number of thiazole rings is 1. The second kappa shape index (κ2) is 12.0. The van der Waals surface area contributed by atoms with Gasteiger partial charge < -0.3 is 20.0 Å². The number of carboxylic acids is 1. The highest BCUT2D eigenvalue weighted by Crippen LogP contribution is 2.48. The number of allylic oxidation sites excluding steroid dienone is 2. The van der Waals surface area contributed by atoms with Gasteiger partial charge in [0.1, 0.15) is 11.2 Å².